The number of nitrogens with one attached hydrogen (secondary N) is 14. The molecule has 122 heavy (non-hydrogen) atoms. The van der Waals surface area contributed by atoms with Gasteiger partial charge in [-0.05, 0) is 99.4 Å². The summed E-state index contributed by atoms with van der Waals surface area (Å²) < 4.78 is 7.32. The Labute approximate surface area is 711 Å². The molecule has 7 rings (SSSR count). The van der Waals surface area contributed by atoms with Crippen molar-refractivity contribution in [3.63, 3.8) is 0 Å². The molecule has 1 saturated heterocycles. The van der Waals surface area contributed by atoms with Crippen LogP contribution in [-0.2, 0) is 97.8 Å². The molecule has 24 N–H and O–H groups in total. The highest BCUT2D eigenvalue weighted by molar-refractivity contribution is 8.00. The van der Waals surface area contributed by atoms with E-state index in [9.17, 15) is 62.3 Å². The fraction of sp³-hybridized carbons (Fsp3) is 0.512. The molecule has 0 aliphatic carbocycles. The molecule has 4 heterocycles. The van der Waals surface area contributed by atoms with Gasteiger partial charge in [-0.1, -0.05) is 119 Å². The van der Waals surface area contributed by atoms with Crippen molar-refractivity contribution in [2.24, 2.45) is 40.5 Å². The van der Waals surface area contributed by atoms with Crippen LogP contribution in [0.5, 0.6) is 0 Å². The number of ether oxygens (including phenoxy) is 1. The third-order valence-corrected chi connectivity index (χ3v) is 22.2. The normalized spacial score (nSPS) is 15.2. The summed E-state index contributed by atoms with van der Waals surface area (Å²) in [4.78, 5) is 212. The molecule has 12 atom stereocenters. The van der Waals surface area contributed by atoms with Crippen LogP contribution >= 0.6 is 11.8 Å². The molecule has 0 saturated carbocycles. The number of anilines is 2. The number of imide groups is 1. The quantitative estimate of drug-likeness (QED) is 0.00785. The number of likely N-dealkylation sites (tertiary alicyclic amines) is 1. The number of hydrogen-bond acceptors (Lipinski definition) is 24. The van der Waals surface area contributed by atoms with Gasteiger partial charge >= 0.3 is 5.97 Å². The predicted octanol–water partition coefficient (Wildman–Crippen LogP) is -0.0118. The summed E-state index contributed by atoms with van der Waals surface area (Å²) in [5.41, 5.74) is 33.1. The third kappa shape index (κ3) is 30.1. The van der Waals surface area contributed by atoms with Crippen molar-refractivity contribution in [3.8, 4) is 0 Å². The Morgan fingerprint density at radius 2 is 1.13 bits per heavy atom. The molecule has 1 aliphatic rings. The third-order valence-electron chi connectivity index (χ3n) is 20.8. The first-order chi connectivity index (χ1) is 58.4. The molecular formula is C82H118N24O15S. The van der Waals surface area contributed by atoms with E-state index in [1.807, 2.05) is 60.0 Å². The van der Waals surface area contributed by atoms with Gasteiger partial charge in [-0.2, -0.15) is 9.97 Å². The summed E-state index contributed by atoms with van der Waals surface area (Å²) in [5, 5.41) is 40.8. The second kappa shape index (κ2) is 49.4. The van der Waals surface area contributed by atoms with Gasteiger partial charge in [0.2, 0.25) is 82.7 Å². The van der Waals surface area contributed by atoms with Crippen molar-refractivity contribution in [2.45, 2.75) is 210 Å². The van der Waals surface area contributed by atoms with Crippen LogP contribution in [0.3, 0.4) is 0 Å². The van der Waals surface area contributed by atoms with Crippen LogP contribution in [0.15, 0.2) is 97.5 Å². The number of esters is 1. The average molecular weight is 1710 g/mol. The van der Waals surface area contributed by atoms with E-state index in [-0.39, 0.29) is 109 Å². The highest BCUT2D eigenvalue weighted by Gasteiger charge is 2.41. The number of aromatic nitrogens is 5. The summed E-state index contributed by atoms with van der Waals surface area (Å²) in [6.07, 6.45) is 2.83. The maximum Gasteiger partial charge on any atom is 0.307 e. The smallest absolute Gasteiger partial charge is 0.307 e. The zero-order valence-corrected chi connectivity index (χ0v) is 70.6. The number of unbranched alkanes of at least 4 members (excludes halogenated alkanes) is 1. The van der Waals surface area contributed by atoms with E-state index in [1.54, 1.807) is 76.6 Å². The van der Waals surface area contributed by atoms with E-state index in [2.05, 4.69) is 83.7 Å². The number of aryl methyl sites for hydroxylation is 1. The second-order valence-corrected chi connectivity index (χ2v) is 31.2. The molecule has 39 nitrogen and oxygen atoms in total. The number of guanidine groups is 1. The van der Waals surface area contributed by atoms with Crippen molar-refractivity contribution in [1.29, 1.82) is 5.41 Å². The molecule has 3 aromatic carbocycles. The van der Waals surface area contributed by atoms with Gasteiger partial charge in [0.25, 0.3) is 0 Å². The van der Waals surface area contributed by atoms with E-state index in [1.165, 1.54) is 7.05 Å². The topological polar surface area (TPSA) is 609 Å². The van der Waals surface area contributed by atoms with Gasteiger partial charge in [0, 0.05) is 94.7 Å². The summed E-state index contributed by atoms with van der Waals surface area (Å²) in [7, 11) is 1.35. The predicted molar refractivity (Wildman–Crippen MR) is 458 cm³/mol. The molecule has 40 heteroatoms. The van der Waals surface area contributed by atoms with E-state index in [0.29, 0.717) is 83.9 Å². The Hall–Kier alpha value is -12.3. The van der Waals surface area contributed by atoms with Crippen LogP contribution in [0.4, 0.5) is 11.8 Å². The zero-order valence-electron chi connectivity index (χ0n) is 69.8. The van der Waals surface area contributed by atoms with Crippen molar-refractivity contribution < 1.29 is 71.9 Å². The number of nitrogens with two attached hydrogens (primary N) is 5. The number of primary amides is 2. The van der Waals surface area contributed by atoms with Crippen molar-refractivity contribution >= 4 is 134 Å². The zero-order chi connectivity index (χ0) is 89.0. The average Bonchev–Trinajstić information content (AvgIpc) is 1.65. The summed E-state index contributed by atoms with van der Waals surface area (Å²) in [5.74, 6) is -12.0. The lowest BCUT2D eigenvalue weighted by Gasteiger charge is -2.31. The highest BCUT2D eigenvalue weighted by atomic mass is 32.2. The van der Waals surface area contributed by atoms with Gasteiger partial charge in [-0.25, -0.2) is 4.98 Å². The van der Waals surface area contributed by atoms with E-state index >= 15 is 4.79 Å². The number of nitrogens with zero attached hydrogens (tertiary/aromatic N) is 5. The van der Waals surface area contributed by atoms with Gasteiger partial charge in [0.1, 0.15) is 48.3 Å². The second-order valence-electron chi connectivity index (χ2n) is 30.0. The number of para-hydroxylation sites is 1. The molecular weight excluding hydrogens is 1590 g/mol. The lowest BCUT2D eigenvalue weighted by Crippen LogP contribution is -2.62. The number of H-pyrrole nitrogens is 1. The lowest BCUT2D eigenvalue weighted by atomic mass is 9.95. The Kier molecular flexibility index (Phi) is 39.2. The first-order valence-electron chi connectivity index (χ1n) is 41.2. The number of hydrogen-bond donors (Lipinski definition) is 19. The minimum atomic E-state index is -1.61. The molecule has 0 bridgehead atoms. The first kappa shape index (κ1) is 96.8. The van der Waals surface area contributed by atoms with Gasteiger partial charge < -0.3 is 107 Å². The first-order valence-corrected chi connectivity index (χ1v) is 42.2. The Bertz CT molecular complexity index is 4570. The summed E-state index contributed by atoms with van der Waals surface area (Å²) >= 11 is 0.914. The number of amides is 13. The fourth-order valence-electron chi connectivity index (χ4n) is 13.4. The maximum atomic E-state index is 15.1. The molecule has 0 radical (unpaired) electrons. The number of benzene rings is 3. The van der Waals surface area contributed by atoms with Gasteiger partial charge in [-0.3, -0.25) is 77.4 Å². The molecule has 662 valence electrons. The summed E-state index contributed by atoms with van der Waals surface area (Å²) in [6.45, 7) is 10.3. The number of thioether (sulfide) groups is 1. The van der Waals surface area contributed by atoms with Crippen molar-refractivity contribution in [2.75, 3.05) is 56.2 Å². The van der Waals surface area contributed by atoms with Crippen LogP contribution in [-0.4, -0.2) is 223 Å². The van der Waals surface area contributed by atoms with E-state index in [0.717, 1.165) is 22.2 Å². The Morgan fingerprint density at radius 1 is 0.598 bits per heavy atom. The van der Waals surface area contributed by atoms with Gasteiger partial charge in [0.05, 0.1) is 30.6 Å². The van der Waals surface area contributed by atoms with E-state index < -0.39 is 167 Å². The number of imidazole rings is 1. The van der Waals surface area contributed by atoms with Crippen LogP contribution in [0, 0.1) is 17.2 Å². The van der Waals surface area contributed by atoms with Gasteiger partial charge in [-0.15, -0.1) is 11.8 Å². The number of aromatic amines is 1. The number of carbonyl (C=O) groups is 14. The van der Waals surface area contributed by atoms with Crippen LogP contribution in [0.25, 0.3) is 22.1 Å². The van der Waals surface area contributed by atoms with Crippen molar-refractivity contribution in [1.82, 2.24) is 82.6 Å². The maximum absolute atomic E-state index is 15.1. The molecule has 3 unspecified atom stereocenters. The highest BCUT2D eigenvalue weighted by Crippen LogP contribution is 2.28. The number of fused-ring (bicyclic) bond motifs is 2. The molecule has 1 fully saturated rings. The lowest BCUT2D eigenvalue weighted by molar-refractivity contribution is -0.145. The minimum Gasteiger partial charge on any atom is -0.466 e. The fourth-order valence-corrected chi connectivity index (χ4v) is 14.5. The van der Waals surface area contributed by atoms with Gasteiger partial charge in [0.15, 0.2) is 22.9 Å². The summed E-state index contributed by atoms with van der Waals surface area (Å²) in [6, 6.07) is 13.0. The standard InChI is InChI=1S/C82H118N24O15S/c1-7-47(4)66(78(118)98-55(28-18-19-35-83)74(114)101-67(48(5)8-2)79(119)100-60(41-51-44-92-54-27-17-16-26-52(51)54)77(117)99-59(40-49-22-12-10-13-23-49)76(116)96-57(72(112)89-6)30-32-62(85)107)102-75(115)58(31-33-63(86)108)97-73(113)56(29-20-36-90-81(87)88)95-71(111)53(84)45-122-61-42-64(109)106(80(61)120)38-34-65(110)121-39-21-37-91-82-103-69(93-43-50-24-14-11-15-25-50)68-70(104-82)105(9-3)46-94-68/h10-17,22-27,44,46-48,53,55-61,66-67,92H,7-9,18-21,28-43,45,83-84H2,1-6H3,(H2,85,107)(H2,86,108)(H,89,112)(H,95,111)(H,96,116)(H,97,113)(H,98,118)(H,99,117)(H,100,119)(H,101,114)(H,102,115)(H4,87,88,90)(H2,91,93,103,104)/t47?,48?,53-,55-,56-,57-,58-,59-,60-,61?,66-,67-/m0/s1. The SMILES string of the molecule is CCC(C)[C@H](NC(=O)[C@H](CCCCN)NC(=O)[C@@H](NC(=O)[C@H](CCC(N)=O)NC(=O)[C@H](CCCNC(=N)N)NC(=O)[C@@H](N)CSC1CC(=O)N(CCC(=O)OCCCNc2nc(NCc3ccccc3)c3ncn(CC)c3n2)C1=O)C(C)CC)C(=O)N[C@@H](Cc1c[nH]c2ccccc12)C(=O)N[C@@H](Cc1ccccc1)C(=O)N[C@@H](CCC(N)=O)C(=O)NC. The molecule has 6 aromatic rings. The van der Waals surface area contributed by atoms with Crippen LogP contribution < -0.4 is 92.5 Å². The number of likely N-dealkylation sites (N-methyl/N-ethyl adjacent to an activating group) is 1. The largest absolute Gasteiger partial charge is 0.466 e. The van der Waals surface area contributed by atoms with Crippen LogP contribution in [0.2, 0.25) is 0 Å². The Morgan fingerprint density at radius 3 is 1.72 bits per heavy atom. The molecule has 1 aliphatic heterocycles. The molecule has 3 aromatic heterocycles. The van der Waals surface area contributed by atoms with Crippen LogP contribution in [0.1, 0.15) is 141 Å². The number of rotatable bonds is 54. The van der Waals surface area contributed by atoms with Crippen molar-refractivity contribution in [3.05, 3.63) is 114 Å². The molecule has 13 amide bonds. The monoisotopic (exact) mass is 1710 g/mol. The number of carbonyl (C=O) groups excluding carboxylic acids is 14. The minimum absolute atomic E-state index is 0.00647. The molecule has 0 spiro atoms. The van der Waals surface area contributed by atoms with E-state index in [4.69, 9.17) is 38.8 Å². The Balaban J connectivity index is 0.987.